The number of carbonyl (C=O) groups is 1. The van der Waals surface area contributed by atoms with Crippen LogP contribution in [0.25, 0.3) is 0 Å². The van der Waals surface area contributed by atoms with Crippen LogP contribution in [0.5, 0.6) is 0 Å². The Bertz CT molecular complexity index is 719. The van der Waals surface area contributed by atoms with Gasteiger partial charge in [-0.2, -0.15) is 0 Å². The highest BCUT2D eigenvalue weighted by atomic mass is 16.6. The topological polar surface area (TPSA) is 104 Å². The number of para-hydroxylation sites is 1. The Balaban J connectivity index is 2.20. The molecule has 0 aliphatic carbocycles. The third kappa shape index (κ3) is 4.53. The van der Waals surface area contributed by atoms with Gasteiger partial charge in [0.2, 0.25) is 0 Å². The number of hydrogen-bond donors (Lipinski definition) is 3. The number of aliphatic hydroxyl groups excluding tert-OH is 1. The number of nitrogens with zero attached hydrogens (tertiary/aromatic N) is 1. The van der Waals surface area contributed by atoms with Crippen LogP contribution in [0.2, 0.25) is 0 Å². The summed E-state index contributed by atoms with van der Waals surface area (Å²) in [5.74, 6) is -0.493. The Morgan fingerprint density at radius 2 is 1.96 bits per heavy atom. The van der Waals surface area contributed by atoms with Gasteiger partial charge in [-0.1, -0.05) is 25.1 Å². The van der Waals surface area contributed by atoms with E-state index in [1.807, 2.05) is 18.2 Å². The van der Waals surface area contributed by atoms with Gasteiger partial charge in [0.15, 0.2) is 0 Å². The summed E-state index contributed by atoms with van der Waals surface area (Å²) in [7, 11) is 0. The van der Waals surface area contributed by atoms with Crippen molar-refractivity contribution in [2.45, 2.75) is 6.92 Å². The molecule has 0 saturated heterocycles. The third-order valence-electron chi connectivity index (χ3n) is 3.43. The molecular weight excluding hydrogens is 310 g/mol. The Hall–Kier alpha value is -2.93. The number of amides is 1. The number of nitro groups is 1. The van der Waals surface area contributed by atoms with Crippen molar-refractivity contribution in [3.63, 3.8) is 0 Å². The lowest BCUT2D eigenvalue weighted by Gasteiger charge is -2.11. The zero-order valence-corrected chi connectivity index (χ0v) is 13.2. The van der Waals surface area contributed by atoms with E-state index in [2.05, 4.69) is 10.6 Å². The molecule has 1 amide bonds. The van der Waals surface area contributed by atoms with Crippen molar-refractivity contribution in [3.05, 3.63) is 64.2 Å². The summed E-state index contributed by atoms with van der Waals surface area (Å²) >= 11 is 0. The predicted molar refractivity (Wildman–Crippen MR) is 91.4 cm³/mol. The van der Waals surface area contributed by atoms with Gasteiger partial charge in [0.05, 0.1) is 4.92 Å². The zero-order chi connectivity index (χ0) is 17.5. The molecule has 126 valence electrons. The van der Waals surface area contributed by atoms with Crippen LogP contribution in [0.1, 0.15) is 17.3 Å². The fourth-order valence-electron chi connectivity index (χ4n) is 2.04. The van der Waals surface area contributed by atoms with E-state index in [1.165, 1.54) is 18.2 Å². The van der Waals surface area contributed by atoms with E-state index in [0.29, 0.717) is 12.2 Å². The average molecular weight is 329 g/mol. The molecule has 7 nitrogen and oxygen atoms in total. The largest absolute Gasteiger partial charge is 0.396 e. The molecule has 0 saturated carbocycles. The summed E-state index contributed by atoms with van der Waals surface area (Å²) in [5.41, 5.74) is 1.05. The molecule has 0 heterocycles. The van der Waals surface area contributed by atoms with Crippen molar-refractivity contribution >= 4 is 23.0 Å². The Morgan fingerprint density at radius 1 is 1.25 bits per heavy atom. The first kappa shape index (κ1) is 17.4. The number of anilines is 2. The van der Waals surface area contributed by atoms with E-state index in [1.54, 1.807) is 19.1 Å². The van der Waals surface area contributed by atoms with Crippen LogP contribution in [0, 0.1) is 16.0 Å². The maximum Gasteiger partial charge on any atom is 0.293 e. The van der Waals surface area contributed by atoms with Gasteiger partial charge < -0.3 is 15.7 Å². The molecule has 0 fully saturated rings. The van der Waals surface area contributed by atoms with Gasteiger partial charge in [-0.25, -0.2) is 0 Å². The lowest BCUT2D eigenvalue weighted by atomic mass is 10.1. The van der Waals surface area contributed by atoms with Crippen molar-refractivity contribution in [2.24, 2.45) is 5.92 Å². The molecule has 1 atom stereocenters. The minimum atomic E-state index is -0.529. The van der Waals surface area contributed by atoms with Gasteiger partial charge in [0.1, 0.15) is 5.69 Å². The summed E-state index contributed by atoms with van der Waals surface area (Å²) in [6.07, 6.45) is 0. The molecule has 24 heavy (non-hydrogen) atoms. The lowest BCUT2D eigenvalue weighted by molar-refractivity contribution is -0.383. The van der Waals surface area contributed by atoms with Gasteiger partial charge in [0.25, 0.3) is 11.6 Å². The van der Waals surface area contributed by atoms with E-state index in [-0.39, 0.29) is 23.8 Å². The zero-order valence-electron chi connectivity index (χ0n) is 13.2. The highest BCUT2D eigenvalue weighted by molar-refractivity contribution is 5.95. The average Bonchev–Trinajstić information content (AvgIpc) is 2.60. The standard InChI is InChI=1S/C17H19N3O4/c1-12(11-21)10-18-17(22)13-7-8-15(16(9-13)20(23)24)19-14-5-3-2-4-6-14/h2-9,12,19,21H,10-11H2,1H3,(H,18,22). The molecule has 0 radical (unpaired) electrons. The maximum absolute atomic E-state index is 12.1. The summed E-state index contributed by atoms with van der Waals surface area (Å²) in [6, 6.07) is 13.3. The van der Waals surface area contributed by atoms with E-state index in [4.69, 9.17) is 5.11 Å². The minimum absolute atomic E-state index is 0.0413. The molecule has 0 spiro atoms. The molecule has 0 aliphatic heterocycles. The first-order chi connectivity index (χ1) is 11.5. The Kier molecular flexibility index (Phi) is 5.86. The van der Waals surface area contributed by atoms with Crippen molar-refractivity contribution in [2.75, 3.05) is 18.5 Å². The Morgan fingerprint density at radius 3 is 2.58 bits per heavy atom. The van der Waals surface area contributed by atoms with Crippen LogP contribution in [0.15, 0.2) is 48.5 Å². The predicted octanol–water partition coefficient (Wildman–Crippen LogP) is 2.70. The number of nitrogens with one attached hydrogen (secondary N) is 2. The number of nitro benzene ring substituents is 1. The fourth-order valence-corrected chi connectivity index (χ4v) is 2.04. The molecule has 2 aromatic carbocycles. The number of carbonyl (C=O) groups excluding carboxylic acids is 1. The number of rotatable bonds is 7. The van der Waals surface area contributed by atoms with E-state index in [9.17, 15) is 14.9 Å². The first-order valence-corrected chi connectivity index (χ1v) is 7.51. The smallest absolute Gasteiger partial charge is 0.293 e. The van der Waals surface area contributed by atoms with Crippen LogP contribution in [0.3, 0.4) is 0 Å². The van der Waals surface area contributed by atoms with Crippen LogP contribution in [-0.4, -0.2) is 29.1 Å². The Labute approximate surface area is 139 Å². The van der Waals surface area contributed by atoms with Crippen molar-refractivity contribution < 1.29 is 14.8 Å². The lowest BCUT2D eigenvalue weighted by Crippen LogP contribution is -2.29. The second-order valence-electron chi connectivity index (χ2n) is 5.48. The minimum Gasteiger partial charge on any atom is -0.396 e. The molecule has 0 bridgehead atoms. The fraction of sp³-hybridized carbons (Fsp3) is 0.235. The SMILES string of the molecule is CC(CO)CNC(=O)c1ccc(Nc2ccccc2)c([N+](=O)[O-])c1. The highest BCUT2D eigenvalue weighted by Gasteiger charge is 2.18. The summed E-state index contributed by atoms with van der Waals surface area (Å²) in [6.45, 7) is 2.04. The van der Waals surface area contributed by atoms with Gasteiger partial charge >= 0.3 is 0 Å². The normalized spacial score (nSPS) is 11.6. The maximum atomic E-state index is 12.1. The molecular formula is C17H19N3O4. The van der Waals surface area contributed by atoms with E-state index in [0.717, 1.165) is 5.69 Å². The molecule has 1 unspecified atom stereocenters. The molecule has 0 aliphatic rings. The molecule has 0 aromatic heterocycles. The van der Waals surface area contributed by atoms with Crippen LogP contribution < -0.4 is 10.6 Å². The molecule has 7 heteroatoms. The van der Waals surface area contributed by atoms with Crippen molar-refractivity contribution in [1.29, 1.82) is 0 Å². The highest BCUT2D eigenvalue weighted by Crippen LogP contribution is 2.28. The van der Waals surface area contributed by atoms with Crippen LogP contribution in [0.4, 0.5) is 17.1 Å². The second kappa shape index (κ2) is 8.07. The van der Waals surface area contributed by atoms with E-state index >= 15 is 0 Å². The van der Waals surface area contributed by atoms with Gasteiger partial charge in [0, 0.05) is 30.5 Å². The molecule has 2 aromatic rings. The number of aliphatic hydroxyl groups is 1. The van der Waals surface area contributed by atoms with Gasteiger partial charge in [-0.15, -0.1) is 0 Å². The van der Waals surface area contributed by atoms with E-state index < -0.39 is 10.8 Å². The monoisotopic (exact) mass is 329 g/mol. The second-order valence-corrected chi connectivity index (χ2v) is 5.48. The number of hydrogen-bond acceptors (Lipinski definition) is 5. The van der Waals surface area contributed by atoms with Gasteiger partial charge in [-0.05, 0) is 30.2 Å². The van der Waals surface area contributed by atoms with Gasteiger partial charge in [-0.3, -0.25) is 14.9 Å². The summed E-state index contributed by atoms with van der Waals surface area (Å²) in [5, 5.41) is 25.9. The first-order valence-electron chi connectivity index (χ1n) is 7.51. The van der Waals surface area contributed by atoms with Crippen LogP contribution in [-0.2, 0) is 0 Å². The van der Waals surface area contributed by atoms with Crippen LogP contribution >= 0.6 is 0 Å². The third-order valence-corrected chi connectivity index (χ3v) is 3.43. The quantitative estimate of drug-likeness (QED) is 0.535. The summed E-state index contributed by atoms with van der Waals surface area (Å²) in [4.78, 5) is 22.8. The summed E-state index contributed by atoms with van der Waals surface area (Å²) < 4.78 is 0. The van der Waals surface area contributed by atoms with Crippen molar-refractivity contribution in [1.82, 2.24) is 5.32 Å². The molecule has 3 N–H and O–H groups in total. The molecule has 2 rings (SSSR count). The van der Waals surface area contributed by atoms with Crippen molar-refractivity contribution in [3.8, 4) is 0 Å². The number of benzene rings is 2.